The second-order valence-electron chi connectivity index (χ2n) is 4.80. The van der Waals surface area contributed by atoms with Crippen LogP contribution in [0, 0.1) is 0 Å². The predicted molar refractivity (Wildman–Crippen MR) is 83.0 cm³/mol. The van der Waals surface area contributed by atoms with Crippen LogP contribution in [0.5, 0.6) is 5.75 Å². The maximum Gasteiger partial charge on any atom is 0.120 e. The minimum atomic E-state index is 0.655. The van der Waals surface area contributed by atoms with Crippen molar-refractivity contribution in [1.82, 2.24) is 10.3 Å². The summed E-state index contributed by atoms with van der Waals surface area (Å²) < 4.78 is 5.59. The number of nitrogens with one attached hydrogen (secondary N) is 1. The van der Waals surface area contributed by atoms with E-state index in [1.165, 1.54) is 0 Å². The highest BCUT2D eigenvalue weighted by Crippen LogP contribution is 2.35. The van der Waals surface area contributed by atoms with E-state index in [0.717, 1.165) is 48.5 Å². The molecule has 0 amide bonds. The molecule has 1 N–H and O–H groups in total. The molecule has 0 spiro atoms. The topological polar surface area (TPSA) is 37.4 Å². The summed E-state index contributed by atoms with van der Waals surface area (Å²) in [5.41, 5.74) is 2.02. The maximum absolute atomic E-state index is 6.40. The molecule has 4 nitrogen and oxygen atoms in total. The van der Waals surface area contributed by atoms with E-state index >= 15 is 0 Å². The van der Waals surface area contributed by atoms with Gasteiger partial charge in [0, 0.05) is 37.8 Å². The van der Waals surface area contributed by atoms with Crippen LogP contribution in [0.1, 0.15) is 6.92 Å². The van der Waals surface area contributed by atoms with Gasteiger partial charge < -0.3 is 15.0 Å². The molecule has 1 fully saturated rings. The third-order valence-corrected chi connectivity index (χ3v) is 3.79. The van der Waals surface area contributed by atoms with Gasteiger partial charge in [-0.15, -0.1) is 0 Å². The van der Waals surface area contributed by atoms with E-state index in [-0.39, 0.29) is 0 Å². The predicted octanol–water partition coefficient (Wildman–Crippen LogP) is 2.70. The fourth-order valence-electron chi connectivity index (χ4n) is 2.60. The summed E-state index contributed by atoms with van der Waals surface area (Å²) in [6, 6.07) is 5.98. The van der Waals surface area contributed by atoms with E-state index in [4.69, 9.17) is 16.3 Å². The monoisotopic (exact) mass is 291 g/mol. The molecule has 0 saturated carbocycles. The Hall–Kier alpha value is -1.52. The summed E-state index contributed by atoms with van der Waals surface area (Å²) in [5.74, 6) is 0.862. The number of hydrogen-bond acceptors (Lipinski definition) is 4. The van der Waals surface area contributed by atoms with Gasteiger partial charge in [0.15, 0.2) is 0 Å². The number of hydrogen-bond donors (Lipinski definition) is 1. The first-order chi connectivity index (χ1) is 9.79. The van der Waals surface area contributed by atoms with E-state index in [1.54, 1.807) is 6.20 Å². The molecule has 1 aliphatic rings. The number of anilines is 1. The zero-order valence-electron chi connectivity index (χ0n) is 11.5. The van der Waals surface area contributed by atoms with Crippen molar-refractivity contribution in [2.24, 2.45) is 0 Å². The lowest BCUT2D eigenvalue weighted by atomic mass is 10.1. The lowest BCUT2D eigenvalue weighted by molar-refractivity contribution is 0.340. The Morgan fingerprint density at radius 2 is 2.15 bits per heavy atom. The van der Waals surface area contributed by atoms with Crippen LogP contribution in [0.25, 0.3) is 10.9 Å². The average molecular weight is 292 g/mol. The van der Waals surface area contributed by atoms with Crippen molar-refractivity contribution in [2.75, 3.05) is 37.7 Å². The summed E-state index contributed by atoms with van der Waals surface area (Å²) >= 11 is 6.40. The van der Waals surface area contributed by atoms with Gasteiger partial charge in [0.2, 0.25) is 0 Å². The van der Waals surface area contributed by atoms with E-state index < -0.39 is 0 Å². The van der Waals surface area contributed by atoms with Crippen LogP contribution >= 0.6 is 11.6 Å². The molecule has 1 aliphatic heterocycles. The number of aromatic nitrogens is 1. The van der Waals surface area contributed by atoms with E-state index in [2.05, 4.69) is 15.2 Å². The Morgan fingerprint density at radius 3 is 2.90 bits per heavy atom. The van der Waals surface area contributed by atoms with Crippen molar-refractivity contribution < 1.29 is 4.74 Å². The highest BCUT2D eigenvalue weighted by atomic mass is 35.5. The molecular formula is C15H18ClN3O. The van der Waals surface area contributed by atoms with E-state index in [1.807, 2.05) is 25.1 Å². The first-order valence-corrected chi connectivity index (χ1v) is 7.34. The molecule has 1 aromatic heterocycles. The zero-order chi connectivity index (χ0) is 13.9. The fourth-order valence-corrected chi connectivity index (χ4v) is 2.87. The number of rotatable bonds is 3. The van der Waals surface area contributed by atoms with Crippen molar-refractivity contribution in [3.8, 4) is 5.75 Å². The summed E-state index contributed by atoms with van der Waals surface area (Å²) in [6.07, 6.45) is 1.74. The Kier molecular flexibility index (Phi) is 3.94. The van der Waals surface area contributed by atoms with Gasteiger partial charge in [-0.1, -0.05) is 11.6 Å². The average Bonchev–Trinajstić information content (AvgIpc) is 2.48. The van der Waals surface area contributed by atoms with Crippen LogP contribution in [-0.4, -0.2) is 37.8 Å². The van der Waals surface area contributed by atoms with E-state index in [0.29, 0.717) is 11.6 Å². The van der Waals surface area contributed by atoms with Gasteiger partial charge in [0.05, 0.1) is 22.8 Å². The van der Waals surface area contributed by atoms with Crippen LogP contribution in [0.15, 0.2) is 24.4 Å². The molecule has 1 aromatic carbocycles. The van der Waals surface area contributed by atoms with Crippen LogP contribution in [0.4, 0.5) is 5.69 Å². The third-order valence-electron chi connectivity index (χ3n) is 3.51. The standard InChI is InChI=1S/C15H18ClN3O/c1-2-20-11-3-4-14-12(9-11)15(13(16)10-18-14)19-7-5-17-6-8-19/h3-4,9-10,17H,2,5-8H2,1H3. The molecule has 0 bridgehead atoms. The molecule has 2 aromatic rings. The highest BCUT2D eigenvalue weighted by molar-refractivity contribution is 6.34. The van der Waals surface area contributed by atoms with Crippen molar-refractivity contribution in [1.29, 1.82) is 0 Å². The molecule has 1 saturated heterocycles. The second-order valence-corrected chi connectivity index (χ2v) is 5.21. The summed E-state index contributed by atoms with van der Waals surface area (Å²) in [4.78, 5) is 6.73. The Morgan fingerprint density at radius 1 is 1.35 bits per heavy atom. The van der Waals surface area contributed by atoms with Crippen molar-refractivity contribution in [3.63, 3.8) is 0 Å². The second kappa shape index (κ2) is 5.85. The van der Waals surface area contributed by atoms with Crippen LogP contribution in [0.2, 0.25) is 5.02 Å². The van der Waals surface area contributed by atoms with Gasteiger partial charge in [-0.2, -0.15) is 0 Å². The molecule has 0 aliphatic carbocycles. The zero-order valence-corrected chi connectivity index (χ0v) is 12.3. The smallest absolute Gasteiger partial charge is 0.120 e. The molecule has 0 atom stereocenters. The first-order valence-electron chi connectivity index (χ1n) is 6.96. The molecule has 20 heavy (non-hydrogen) atoms. The van der Waals surface area contributed by atoms with Gasteiger partial charge in [-0.3, -0.25) is 4.98 Å². The van der Waals surface area contributed by atoms with Gasteiger partial charge in [0.25, 0.3) is 0 Å². The van der Waals surface area contributed by atoms with E-state index in [9.17, 15) is 0 Å². The van der Waals surface area contributed by atoms with Crippen LogP contribution in [0.3, 0.4) is 0 Å². The van der Waals surface area contributed by atoms with Crippen LogP contribution < -0.4 is 15.0 Å². The quantitative estimate of drug-likeness (QED) is 0.943. The van der Waals surface area contributed by atoms with Crippen molar-refractivity contribution in [3.05, 3.63) is 29.4 Å². The van der Waals surface area contributed by atoms with Gasteiger partial charge >= 0.3 is 0 Å². The van der Waals surface area contributed by atoms with Gasteiger partial charge in [0.1, 0.15) is 5.75 Å². The molecule has 0 unspecified atom stereocenters. The van der Waals surface area contributed by atoms with Gasteiger partial charge in [-0.25, -0.2) is 0 Å². The first kappa shape index (κ1) is 13.5. The molecular weight excluding hydrogens is 274 g/mol. The lowest BCUT2D eigenvalue weighted by Crippen LogP contribution is -2.43. The fraction of sp³-hybridized carbons (Fsp3) is 0.400. The minimum absolute atomic E-state index is 0.655. The van der Waals surface area contributed by atoms with Gasteiger partial charge in [-0.05, 0) is 25.1 Å². The minimum Gasteiger partial charge on any atom is -0.494 e. The highest BCUT2D eigenvalue weighted by Gasteiger charge is 2.17. The number of ether oxygens (including phenoxy) is 1. The number of piperazine rings is 1. The third kappa shape index (κ3) is 2.53. The van der Waals surface area contributed by atoms with Crippen molar-refractivity contribution in [2.45, 2.75) is 6.92 Å². The Labute approximate surface area is 123 Å². The number of pyridine rings is 1. The molecule has 5 heteroatoms. The molecule has 0 radical (unpaired) electrons. The molecule has 106 valence electrons. The van der Waals surface area contributed by atoms with Crippen LogP contribution in [-0.2, 0) is 0 Å². The number of halogens is 1. The lowest BCUT2D eigenvalue weighted by Gasteiger charge is -2.31. The Bertz CT molecular complexity index is 611. The maximum atomic E-state index is 6.40. The molecule has 2 heterocycles. The largest absolute Gasteiger partial charge is 0.494 e. The summed E-state index contributed by atoms with van der Waals surface area (Å²) in [7, 11) is 0. The Balaban J connectivity index is 2.11. The SMILES string of the molecule is CCOc1ccc2ncc(Cl)c(N3CCNCC3)c2c1. The number of fused-ring (bicyclic) bond motifs is 1. The number of nitrogens with zero attached hydrogens (tertiary/aromatic N) is 2. The summed E-state index contributed by atoms with van der Waals surface area (Å²) in [6.45, 7) is 6.51. The normalized spacial score (nSPS) is 15.6. The van der Waals surface area contributed by atoms with Crippen molar-refractivity contribution >= 4 is 28.2 Å². The summed E-state index contributed by atoms with van der Waals surface area (Å²) in [5, 5.41) is 5.12. The number of benzene rings is 1. The molecule has 3 rings (SSSR count).